The van der Waals surface area contributed by atoms with Crippen molar-refractivity contribution >= 4 is 17.5 Å². The molecule has 0 saturated heterocycles. The summed E-state index contributed by atoms with van der Waals surface area (Å²) >= 11 is 0. The Morgan fingerprint density at radius 3 is 2.56 bits per heavy atom. The molecule has 0 atom stereocenters. The molecular formula is C20H18N4O3. The van der Waals surface area contributed by atoms with Gasteiger partial charge in [0.1, 0.15) is 11.4 Å². The fourth-order valence-corrected chi connectivity index (χ4v) is 2.42. The van der Waals surface area contributed by atoms with E-state index in [1.54, 1.807) is 42.7 Å². The molecule has 27 heavy (non-hydrogen) atoms. The van der Waals surface area contributed by atoms with Gasteiger partial charge in [-0.2, -0.15) is 0 Å². The first-order valence-electron chi connectivity index (χ1n) is 8.25. The molecule has 0 aliphatic heterocycles. The van der Waals surface area contributed by atoms with Crippen LogP contribution >= 0.6 is 0 Å². The summed E-state index contributed by atoms with van der Waals surface area (Å²) < 4.78 is 5.21. The van der Waals surface area contributed by atoms with Crippen molar-refractivity contribution < 1.29 is 14.3 Å². The van der Waals surface area contributed by atoms with E-state index in [9.17, 15) is 9.59 Å². The lowest BCUT2D eigenvalue weighted by Gasteiger charge is -2.10. The van der Waals surface area contributed by atoms with Crippen LogP contribution in [0.25, 0.3) is 0 Å². The maximum absolute atomic E-state index is 12.5. The number of rotatable bonds is 6. The molecule has 7 nitrogen and oxygen atoms in total. The molecule has 2 amide bonds. The lowest BCUT2D eigenvalue weighted by atomic mass is 10.2. The smallest absolute Gasteiger partial charge is 0.274 e. The van der Waals surface area contributed by atoms with Crippen LogP contribution in [-0.4, -0.2) is 28.9 Å². The highest BCUT2D eigenvalue weighted by Gasteiger charge is 2.13. The van der Waals surface area contributed by atoms with Crippen LogP contribution in [0.3, 0.4) is 0 Å². The molecule has 0 radical (unpaired) electrons. The Morgan fingerprint density at radius 2 is 1.78 bits per heavy atom. The monoisotopic (exact) mass is 362 g/mol. The fraction of sp³-hybridized carbons (Fsp3) is 0.100. The average Bonchev–Trinajstić information content (AvgIpc) is 2.73. The molecule has 0 saturated carbocycles. The Hall–Kier alpha value is -3.74. The Balaban J connectivity index is 1.69. The van der Waals surface area contributed by atoms with Crippen LogP contribution in [-0.2, 0) is 6.54 Å². The predicted molar refractivity (Wildman–Crippen MR) is 101 cm³/mol. The van der Waals surface area contributed by atoms with Crippen molar-refractivity contribution in [1.82, 2.24) is 15.3 Å². The third-order valence-corrected chi connectivity index (χ3v) is 3.81. The number of pyridine rings is 2. The second-order valence-corrected chi connectivity index (χ2v) is 5.62. The zero-order valence-electron chi connectivity index (χ0n) is 14.7. The van der Waals surface area contributed by atoms with Crippen LogP contribution in [0.2, 0.25) is 0 Å². The summed E-state index contributed by atoms with van der Waals surface area (Å²) in [4.78, 5) is 32.8. The quantitative estimate of drug-likeness (QED) is 0.703. The van der Waals surface area contributed by atoms with Gasteiger partial charge < -0.3 is 15.4 Å². The van der Waals surface area contributed by atoms with E-state index < -0.39 is 5.91 Å². The van der Waals surface area contributed by atoms with Crippen molar-refractivity contribution in [3.8, 4) is 5.75 Å². The maximum atomic E-state index is 12.5. The Kier molecular flexibility index (Phi) is 5.73. The fourth-order valence-electron chi connectivity index (χ4n) is 2.42. The molecule has 0 fully saturated rings. The van der Waals surface area contributed by atoms with Gasteiger partial charge in [-0.05, 0) is 42.0 Å². The van der Waals surface area contributed by atoms with Crippen LogP contribution in [0.1, 0.15) is 26.4 Å². The largest absolute Gasteiger partial charge is 0.495 e. The molecule has 7 heteroatoms. The lowest BCUT2D eigenvalue weighted by Crippen LogP contribution is -2.23. The Bertz CT molecular complexity index is 945. The Labute approximate surface area is 156 Å². The molecule has 0 aliphatic rings. The minimum atomic E-state index is -0.428. The number of carbonyl (C=O) groups is 2. The van der Waals surface area contributed by atoms with E-state index in [0.717, 1.165) is 5.56 Å². The standard InChI is InChI=1S/C20H18N4O3/c1-27-18-5-3-2-4-16(18)24-20(26)17-12-15(8-11-22-17)19(25)23-13-14-6-9-21-10-7-14/h2-12H,13H2,1H3,(H,23,25)(H,24,26). The molecule has 0 spiro atoms. The lowest BCUT2D eigenvalue weighted by molar-refractivity contribution is 0.0950. The van der Waals surface area contributed by atoms with Crippen molar-refractivity contribution in [3.63, 3.8) is 0 Å². The highest BCUT2D eigenvalue weighted by atomic mass is 16.5. The average molecular weight is 362 g/mol. The van der Waals surface area contributed by atoms with E-state index in [4.69, 9.17) is 4.74 Å². The summed E-state index contributed by atoms with van der Waals surface area (Å²) in [5.74, 6) is -0.180. The number of nitrogens with zero attached hydrogens (tertiary/aromatic N) is 2. The van der Waals surface area contributed by atoms with Crippen LogP contribution in [0.5, 0.6) is 5.75 Å². The Morgan fingerprint density at radius 1 is 1.00 bits per heavy atom. The third kappa shape index (κ3) is 4.66. The van der Waals surface area contributed by atoms with Gasteiger partial charge in [-0.25, -0.2) is 0 Å². The molecule has 2 N–H and O–H groups in total. The summed E-state index contributed by atoms with van der Waals surface area (Å²) in [5.41, 5.74) is 1.95. The van der Waals surface area contributed by atoms with E-state index in [0.29, 0.717) is 23.5 Å². The molecular weight excluding hydrogens is 344 g/mol. The molecule has 2 aromatic heterocycles. The number of carbonyl (C=O) groups excluding carboxylic acids is 2. The van der Waals surface area contributed by atoms with Crippen molar-refractivity contribution in [3.05, 3.63) is 83.9 Å². The van der Waals surface area contributed by atoms with Gasteiger partial charge in [0.05, 0.1) is 12.8 Å². The molecule has 3 aromatic rings. The van der Waals surface area contributed by atoms with Crippen LogP contribution in [0.15, 0.2) is 67.1 Å². The van der Waals surface area contributed by atoms with E-state index in [-0.39, 0.29) is 11.6 Å². The van der Waals surface area contributed by atoms with E-state index >= 15 is 0 Å². The molecule has 0 bridgehead atoms. The SMILES string of the molecule is COc1ccccc1NC(=O)c1cc(C(=O)NCc2ccncc2)ccn1. The number of aromatic nitrogens is 2. The topological polar surface area (TPSA) is 93.2 Å². The second kappa shape index (κ2) is 8.57. The summed E-state index contributed by atoms with van der Waals surface area (Å²) in [6.07, 6.45) is 4.75. The highest BCUT2D eigenvalue weighted by Crippen LogP contribution is 2.23. The van der Waals surface area contributed by atoms with Crippen molar-refractivity contribution in [2.45, 2.75) is 6.54 Å². The second-order valence-electron chi connectivity index (χ2n) is 5.62. The number of anilines is 1. The summed E-state index contributed by atoms with van der Waals surface area (Å²) in [6.45, 7) is 0.367. The maximum Gasteiger partial charge on any atom is 0.274 e. The number of methoxy groups -OCH3 is 1. The van der Waals surface area contributed by atoms with Gasteiger partial charge >= 0.3 is 0 Å². The summed E-state index contributed by atoms with van der Waals surface area (Å²) in [7, 11) is 1.52. The van der Waals surface area contributed by atoms with Crippen molar-refractivity contribution in [1.29, 1.82) is 0 Å². The minimum Gasteiger partial charge on any atom is -0.495 e. The summed E-state index contributed by atoms with van der Waals surface area (Å²) in [5, 5.41) is 5.54. The predicted octanol–water partition coefficient (Wildman–Crippen LogP) is 2.67. The van der Waals surface area contributed by atoms with Crippen LogP contribution in [0.4, 0.5) is 5.69 Å². The number of amides is 2. The first kappa shape index (κ1) is 18.1. The van der Waals surface area contributed by atoms with Crippen LogP contribution < -0.4 is 15.4 Å². The molecule has 0 aliphatic carbocycles. The zero-order chi connectivity index (χ0) is 19.1. The molecule has 3 rings (SSSR count). The van der Waals surface area contributed by atoms with E-state index in [1.807, 2.05) is 12.1 Å². The number of ether oxygens (including phenoxy) is 1. The molecule has 136 valence electrons. The normalized spacial score (nSPS) is 10.1. The van der Waals surface area contributed by atoms with Crippen LogP contribution in [0, 0.1) is 0 Å². The van der Waals surface area contributed by atoms with Gasteiger partial charge in [0.25, 0.3) is 11.8 Å². The van der Waals surface area contributed by atoms with Crippen molar-refractivity contribution in [2.24, 2.45) is 0 Å². The van der Waals surface area contributed by atoms with E-state index in [1.165, 1.54) is 19.4 Å². The van der Waals surface area contributed by atoms with Crippen molar-refractivity contribution in [2.75, 3.05) is 12.4 Å². The number of nitrogens with one attached hydrogen (secondary N) is 2. The molecule has 2 heterocycles. The van der Waals surface area contributed by atoms with Gasteiger partial charge in [-0.15, -0.1) is 0 Å². The zero-order valence-corrected chi connectivity index (χ0v) is 14.7. The summed E-state index contributed by atoms with van der Waals surface area (Å²) in [6, 6.07) is 13.7. The first-order valence-corrected chi connectivity index (χ1v) is 8.25. The number of para-hydroxylation sites is 2. The van der Waals surface area contributed by atoms with Gasteiger partial charge in [-0.1, -0.05) is 12.1 Å². The number of benzene rings is 1. The third-order valence-electron chi connectivity index (χ3n) is 3.81. The molecule has 1 aromatic carbocycles. The molecule has 0 unspecified atom stereocenters. The van der Waals surface area contributed by atoms with E-state index in [2.05, 4.69) is 20.6 Å². The van der Waals surface area contributed by atoms with Gasteiger partial charge in [0.15, 0.2) is 0 Å². The highest BCUT2D eigenvalue weighted by molar-refractivity contribution is 6.05. The first-order chi connectivity index (χ1) is 13.2. The van der Waals surface area contributed by atoms with Gasteiger partial charge in [0, 0.05) is 30.7 Å². The number of hydrogen-bond acceptors (Lipinski definition) is 5. The van der Waals surface area contributed by atoms with Gasteiger partial charge in [-0.3, -0.25) is 19.6 Å². The van der Waals surface area contributed by atoms with Gasteiger partial charge in [0.2, 0.25) is 0 Å². The minimum absolute atomic E-state index is 0.137. The number of hydrogen-bond donors (Lipinski definition) is 2.